The molecule has 1 aromatic rings. The van der Waals surface area contributed by atoms with Gasteiger partial charge in [-0.2, -0.15) is 0 Å². The molecule has 1 rings (SSSR count). The molecule has 0 aliphatic carbocycles. The Bertz CT molecular complexity index is 344. The number of anilines is 1. The number of aromatic nitrogens is 1. The number of aliphatic hydroxyl groups is 1. The lowest BCUT2D eigenvalue weighted by Crippen LogP contribution is -2.20. The summed E-state index contributed by atoms with van der Waals surface area (Å²) in [7, 11) is 2.12. The van der Waals surface area contributed by atoms with Gasteiger partial charge in [-0.3, -0.25) is 0 Å². The first-order chi connectivity index (χ1) is 9.26. The van der Waals surface area contributed by atoms with Gasteiger partial charge in [-0.15, -0.1) is 0 Å². The minimum absolute atomic E-state index is 0.302. The lowest BCUT2D eigenvalue weighted by Gasteiger charge is -2.16. The normalized spacial score (nSPS) is 10.9. The van der Waals surface area contributed by atoms with Crippen LogP contribution in [0.2, 0.25) is 0 Å². The van der Waals surface area contributed by atoms with Crippen molar-refractivity contribution >= 4 is 5.82 Å². The molecular formula is C15H27N3O. The molecule has 0 bridgehead atoms. The van der Waals surface area contributed by atoms with E-state index in [1.807, 2.05) is 6.07 Å². The van der Waals surface area contributed by atoms with Gasteiger partial charge in [0.05, 0.1) is 5.69 Å². The summed E-state index contributed by atoms with van der Waals surface area (Å²) in [5.41, 5.74) is 1.10. The molecule has 0 atom stereocenters. The fourth-order valence-corrected chi connectivity index (χ4v) is 1.95. The largest absolute Gasteiger partial charge is 0.396 e. The molecule has 0 radical (unpaired) electrons. The fourth-order valence-electron chi connectivity index (χ4n) is 1.95. The van der Waals surface area contributed by atoms with Crippen molar-refractivity contribution in [2.45, 2.75) is 39.2 Å². The number of unbranched alkanes of at least 4 members (excludes halogenated alkanes) is 2. The van der Waals surface area contributed by atoms with Crippen LogP contribution in [0.1, 0.15) is 38.3 Å². The summed E-state index contributed by atoms with van der Waals surface area (Å²) in [5.74, 6) is 0.966. The first kappa shape index (κ1) is 15.9. The van der Waals surface area contributed by atoms with Gasteiger partial charge in [-0.05, 0) is 51.4 Å². The molecular weight excluding hydrogens is 238 g/mol. The summed E-state index contributed by atoms with van der Waals surface area (Å²) in [5, 5.41) is 12.0. The van der Waals surface area contributed by atoms with Crippen LogP contribution in [0.4, 0.5) is 5.82 Å². The second kappa shape index (κ2) is 9.75. The average Bonchev–Trinajstić information content (AvgIpc) is 2.42. The predicted molar refractivity (Wildman–Crippen MR) is 80.3 cm³/mol. The summed E-state index contributed by atoms with van der Waals surface area (Å²) >= 11 is 0. The number of rotatable bonds is 10. The van der Waals surface area contributed by atoms with Crippen LogP contribution >= 0.6 is 0 Å². The number of hydrogen-bond donors (Lipinski definition) is 2. The minimum atomic E-state index is 0.302. The van der Waals surface area contributed by atoms with Crippen molar-refractivity contribution in [1.82, 2.24) is 9.88 Å². The molecule has 0 amide bonds. The number of hydrogen-bond acceptors (Lipinski definition) is 4. The van der Waals surface area contributed by atoms with Gasteiger partial charge in [0.1, 0.15) is 5.82 Å². The quantitative estimate of drug-likeness (QED) is 0.638. The van der Waals surface area contributed by atoms with Gasteiger partial charge in [-0.25, -0.2) is 4.98 Å². The van der Waals surface area contributed by atoms with E-state index in [1.54, 1.807) is 0 Å². The maximum Gasteiger partial charge on any atom is 0.126 e. The highest BCUT2D eigenvalue weighted by Gasteiger charge is 2.02. The summed E-state index contributed by atoms with van der Waals surface area (Å²) in [4.78, 5) is 6.88. The monoisotopic (exact) mass is 265 g/mol. The van der Waals surface area contributed by atoms with E-state index in [4.69, 9.17) is 5.11 Å². The lowest BCUT2D eigenvalue weighted by molar-refractivity contribution is 0.270. The van der Waals surface area contributed by atoms with Crippen molar-refractivity contribution in [3.05, 3.63) is 23.9 Å². The number of aliphatic hydroxyl groups excluding tert-OH is 1. The number of nitrogens with one attached hydrogen (secondary N) is 1. The highest BCUT2D eigenvalue weighted by molar-refractivity contribution is 5.35. The summed E-state index contributed by atoms with van der Waals surface area (Å²) in [6.07, 6.45) is 4.23. The molecule has 1 aromatic heterocycles. The summed E-state index contributed by atoms with van der Waals surface area (Å²) < 4.78 is 0. The molecule has 0 unspecified atom stereocenters. The predicted octanol–water partition coefficient (Wildman–Crippen LogP) is 2.50. The Kier molecular flexibility index (Phi) is 8.18. The Morgan fingerprint density at radius 3 is 2.84 bits per heavy atom. The molecule has 0 fully saturated rings. The molecule has 0 spiro atoms. The standard InChI is InChI=1S/C15H27N3O/c1-3-10-16-15-9-7-8-14(17-15)13-18(2)11-5-4-6-12-19/h7-9,19H,3-6,10-13H2,1-2H3,(H,16,17). The minimum Gasteiger partial charge on any atom is -0.396 e. The zero-order chi connectivity index (χ0) is 13.9. The van der Waals surface area contributed by atoms with Crippen molar-refractivity contribution in [3.63, 3.8) is 0 Å². The maximum atomic E-state index is 8.74. The molecule has 2 N–H and O–H groups in total. The topological polar surface area (TPSA) is 48.4 Å². The molecule has 1 heterocycles. The molecule has 108 valence electrons. The molecule has 0 saturated heterocycles. The Hall–Kier alpha value is -1.13. The molecule has 0 aliphatic heterocycles. The van der Waals surface area contributed by atoms with Gasteiger partial charge in [0, 0.05) is 19.7 Å². The molecule has 0 aromatic carbocycles. The van der Waals surface area contributed by atoms with E-state index in [1.165, 1.54) is 0 Å². The van der Waals surface area contributed by atoms with Gasteiger partial charge in [-0.1, -0.05) is 13.0 Å². The van der Waals surface area contributed by atoms with E-state index in [0.717, 1.165) is 56.8 Å². The average molecular weight is 265 g/mol. The lowest BCUT2D eigenvalue weighted by atomic mass is 10.2. The van der Waals surface area contributed by atoms with Gasteiger partial charge in [0.25, 0.3) is 0 Å². The zero-order valence-electron chi connectivity index (χ0n) is 12.2. The van der Waals surface area contributed by atoms with Gasteiger partial charge >= 0.3 is 0 Å². The zero-order valence-corrected chi connectivity index (χ0v) is 12.2. The highest BCUT2D eigenvalue weighted by Crippen LogP contribution is 2.07. The third-order valence-electron chi connectivity index (χ3n) is 2.99. The van der Waals surface area contributed by atoms with Gasteiger partial charge in [0.15, 0.2) is 0 Å². The molecule has 0 aliphatic rings. The maximum absolute atomic E-state index is 8.74. The van der Waals surface area contributed by atoms with Crippen LogP contribution in [-0.4, -0.2) is 41.7 Å². The number of pyridine rings is 1. The molecule has 0 saturated carbocycles. The van der Waals surface area contributed by atoms with Crippen molar-refractivity contribution in [1.29, 1.82) is 0 Å². The first-order valence-electron chi connectivity index (χ1n) is 7.25. The van der Waals surface area contributed by atoms with Crippen molar-refractivity contribution in [2.24, 2.45) is 0 Å². The Morgan fingerprint density at radius 2 is 2.11 bits per heavy atom. The second-order valence-corrected chi connectivity index (χ2v) is 4.96. The highest BCUT2D eigenvalue weighted by atomic mass is 16.2. The van der Waals surface area contributed by atoms with Crippen LogP contribution in [0.3, 0.4) is 0 Å². The van der Waals surface area contributed by atoms with Crippen LogP contribution in [0, 0.1) is 0 Å². The number of nitrogens with zero attached hydrogens (tertiary/aromatic N) is 2. The van der Waals surface area contributed by atoms with E-state index in [9.17, 15) is 0 Å². The fraction of sp³-hybridized carbons (Fsp3) is 0.667. The van der Waals surface area contributed by atoms with Crippen LogP contribution in [0.5, 0.6) is 0 Å². The van der Waals surface area contributed by atoms with E-state index in [0.29, 0.717) is 6.61 Å². The Morgan fingerprint density at radius 1 is 1.26 bits per heavy atom. The van der Waals surface area contributed by atoms with Crippen molar-refractivity contribution in [2.75, 3.05) is 32.1 Å². The molecule has 19 heavy (non-hydrogen) atoms. The van der Waals surface area contributed by atoms with Crippen LogP contribution in [-0.2, 0) is 6.54 Å². The van der Waals surface area contributed by atoms with E-state index in [-0.39, 0.29) is 0 Å². The van der Waals surface area contributed by atoms with Crippen molar-refractivity contribution < 1.29 is 5.11 Å². The van der Waals surface area contributed by atoms with E-state index < -0.39 is 0 Å². The van der Waals surface area contributed by atoms with Gasteiger partial charge in [0.2, 0.25) is 0 Å². The van der Waals surface area contributed by atoms with Crippen LogP contribution in [0.25, 0.3) is 0 Å². The van der Waals surface area contributed by atoms with Gasteiger partial charge < -0.3 is 15.3 Å². The molecule has 4 nitrogen and oxygen atoms in total. The third kappa shape index (κ3) is 7.13. The first-order valence-corrected chi connectivity index (χ1v) is 7.25. The summed E-state index contributed by atoms with van der Waals surface area (Å²) in [6.45, 7) is 5.34. The van der Waals surface area contributed by atoms with E-state index >= 15 is 0 Å². The van der Waals surface area contributed by atoms with Crippen LogP contribution in [0.15, 0.2) is 18.2 Å². The Balaban J connectivity index is 2.34. The Labute approximate surface area is 116 Å². The van der Waals surface area contributed by atoms with E-state index in [2.05, 4.69) is 41.3 Å². The molecule has 4 heteroatoms. The smallest absolute Gasteiger partial charge is 0.126 e. The van der Waals surface area contributed by atoms with Crippen LogP contribution < -0.4 is 5.32 Å². The third-order valence-corrected chi connectivity index (χ3v) is 2.99. The summed E-state index contributed by atoms with van der Waals surface area (Å²) in [6, 6.07) is 6.14. The van der Waals surface area contributed by atoms with Crippen molar-refractivity contribution in [3.8, 4) is 0 Å². The second-order valence-electron chi connectivity index (χ2n) is 4.96. The SMILES string of the molecule is CCCNc1cccc(CN(C)CCCCCO)n1.